The van der Waals surface area contributed by atoms with Crippen LogP contribution in [0.3, 0.4) is 0 Å². The molecule has 0 aliphatic carbocycles. The fourth-order valence-electron chi connectivity index (χ4n) is 1.63. The van der Waals surface area contributed by atoms with Crippen molar-refractivity contribution in [2.75, 3.05) is 7.11 Å². The van der Waals surface area contributed by atoms with Crippen LogP contribution in [-0.4, -0.2) is 30.8 Å². The van der Waals surface area contributed by atoms with Crippen LogP contribution in [0.2, 0.25) is 5.02 Å². The third kappa shape index (κ3) is 7.73. The van der Waals surface area contributed by atoms with Gasteiger partial charge in [-0.2, -0.15) is 0 Å². The summed E-state index contributed by atoms with van der Waals surface area (Å²) in [7, 11) is 1.18. The molecule has 0 radical (unpaired) electrons. The first-order chi connectivity index (χ1) is 11.6. The maximum Gasteiger partial charge on any atom is 0.426 e. The lowest BCUT2D eigenvalue weighted by Crippen LogP contribution is -2.51. The highest BCUT2D eigenvalue weighted by Gasteiger charge is 2.23. The number of hydrazine groups is 2. The molecule has 1 aromatic carbocycles. The molecule has 25 heavy (non-hydrogen) atoms. The Bertz CT molecular complexity index is 615. The fourth-order valence-corrected chi connectivity index (χ4v) is 1.75. The number of hydrogen-bond acceptors (Lipinski definition) is 6. The Morgan fingerprint density at radius 3 is 2.12 bits per heavy atom. The molecule has 0 spiro atoms. The molecule has 0 aromatic heterocycles. The van der Waals surface area contributed by atoms with Crippen molar-refractivity contribution in [2.45, 2.75) is 32.4 Å². The van der Waals surface area contributed by atoms with E-state index in [-0.39, 0.29) is 0 Å². The van der Waals surface area contributed by atoms with Crippen LogP contribution in [0.5, 0.6) is 0 Å². The van der Waals surface area contributed by atoms with Crippen molar-refractivity contribution in [2.24, 2.45) is 0 Å². The second kappa shape index (κ2) is 9.09. The van der Waals surface area contributed by atoms with Gasteiger partial charge in [-0.1, -0.05) is 23.7 Å². The molecule has 0 fully saturated rings. The van der Waals surface area contributed by atoms with Crippen molar-refractivity contribution in [3.8, 4) is 0 Å². The fraction of sp³-hybridized carbons (Fsp3) is 0.400. The minimum atomic E-state index is -1.02. The van der Waals surface area contributed by atoms with Gasteiger partial charge in [0.25, 0.3) is 5.91 Å². The van der Waals surface area contributed by atoms with Gasteiger partial charge < -0.3 is 9.47 Å². The first-order valence-corrected chi connectivity index (χ1v) is 7.64. The van der Waals surface area contributed by atoms with Crippen LogP contribution in [0.4, 0.5) is 9.59 Å². The molecule has 0 aliphatic rings. The molecule has 0 bridgehead atoms. The second-order valence-electron chi connectivity index (χ2n) is 5.86. The lowest BCUT2D eigenvalue weighted by atomic mass is 10.1. The lowest BCUT2D eigenvalue weighted by molar-refractivity contribution is -0.124. The third-order valence-corrected chi connectivity index (χ3v) is 2.91. The van der Waals surface area contributed by atoms with E-state index in [2.05, 4.69) is 26.4 Å². The summed E-state index contributed by atoms with van der Waals surface area (Å²) < 4.78 is 9.45. The van der Waals surface area contributed by atoms with Gasteiger partial charge in [0.2, 0.25) is 0 Å². The first-order valence-electron chi connectivity index (χ1n) is 7.26. The largest absolute Gasteiger partial charge is 0.452 e. The summed E-state index contributed by atoms with van der Waals surface area (Å²) in [6.07, 6.45) is -1.61. The molecule has 138 valence electrons. The topological polar surface area (TPSA) is 118 Å². The van der Waals surface area contributed by atoms with Crippen LogP contribution in [-0.2, 0) is 14.3 Å². The van der Waals surface area contributed by atoms with E-state index in [1.807, 2.05) is 0 Å². The zero-order chi connectivity index (χ0) is 19.0. The summed E-state index contributed by atoms with van der Waals surface area (Å²) >= 11 is 5.83. The number of halogens is 1. The Balaban J connectivity index is 2.76. The van der Waals surface area contributed by atoms with Crippen molar-refractivity contribution in [1.29, 1.82) is 0 Å². The van der Waals surface area contributed by atoms with Gasteiger partial charge in [-0.15, -0.1) is 0 Å². The number of carbonyl (C=O) groups excluding carboxylic acids is 3. The summed E-state index contributed by atoms with van der Waals surface area (Å²) in [5, 5.41) is 0.482. The quantitative estimate of drug-likeness (QED) is 0.598. The third-order valence-electron chi connectivity index (χ3n) is 2.66. The summed E-state index contributed by atoms with van der Waals surface area (Å²) in [6, 6.07) is 5.32. The molecule has 0 heterocycles. The Morgan fingerprint density at radius 2 is 1.60 bits per heavy atom. The number of amides is 3. The van der Waals surface area contributed by atoms with Crippen molar-refractivity contribution in [3.05, 3.63) is 34.9 Å². The van der Waals surface area contributed by atoms with E-state index in [9.17, 15) is 14.4 Å². The molecular weight excluding hydrogens is 352 g/mol. The Labute approximate surface area is 150 Å². The van der Waals surface area contributed by atoms with Crippen LogP contribution < -0.4 is 21.7 Å². The molecule has 0 saturated carbocycles. The number of rotatable bonds is 4. The Morgan fingerprint density at radius 1 is 1.00 bits per heavy atom. The van der Waals surface area contributed by atoms with E-state index >= 15 is 0 Å². The summed E-state index contributed by atoms with van der Waals surface area (Å²) in [6.45, 7) is 5.06. The SMILES string of the molecule is COC(=O)NNC(C(=O)NNC(=O)OC(C)(C)C)c1ccc(Cl)cc1. The van der Waals surface area contributed by atoms with Crippen LogP contribution >= 0.6 is 11.6 Å². The van der Waals surface area contributed by atoms with E-state index in [0.29, 0.717) is 10.6 Å². The molecule has 1 unspecified atom stereocenters. The zero-order valence-corrected chi connectivity index (χ0v) is 15.1. The van der Waals surface area contributed by atoms with Gasteiger partial charge in [-0.3, -0.25) is 15.6 Å². The number of methoxy groups -OCH3 is 1. The van der Waals surface area contributed by atoms with Crippen molar-refractivity contribution in [3.63, 3.8) is 0 Å². The van der Waals surface area contributed by atoms with Crippen molar-refractivity contribution in [1.82, 2.24) is 21.7 Å². The molecule has 1 atom stereocenters. The zero-order valence-electron chi connectivity index (χ0n) is 14.3. The summed E-state index contributed by atoms with van der Waals surface area (Å²) in [4.78, 5) is 35.1. The van der Waals surface area contributed by atoms with E-state index in [4.69, 9.17) is 16.3 Å². The summed E-state index contributed by atoms with van der Waals surface area (Å²) in [5.74, 6) is -0.649. The highest BCUT2D eigenvalue weighted by Crippen LogP contribution is 2.16. The van der Waals surface area contributed by atoms with Crippen molar-refractivity contribution < 1.29 is 23.9 Å². The van der Waals surface area contributed by atoms with Crippen LogP contribution in [0.15, 0.2) is 24.3 Å². The van der Waals surface area contributed by atoms with E-state index in [0.717, 1.165) is 0 Å². The normalized spacial score (nSPS) is 11.9. The molecular formula is C15H21ClN4O5. The minimum absolute atomic E-state index is 0.482. The van der Waals surface area contributed by atoms with Crippen LogP contribution in [0.25, 0.3) is 0 Å². The molecule has 3 amide bonds. The number of ether oxygens (including phenoxy) is 2. The number of nitrogens with one attached hydrogen (secondary N) is 4. The first kappa shape index (κ1) is 20.5. The maximum atomic E-state index is 12.3. The Hall–Kier alpha value is -2.52. The molecule has 1 rings (SSSR count). The van der Waals surface area contributed by atoms with Gasteiger partial charge in [-0.05, 0) is 38.5 Å². The average Bonchev–Trinajstić information content (AvgIpc) is 2.52. The second-order valence-corrected chi connectivity index (χ2v) is 6.30. The van der Waals surface area contributed by atoms with E-state index in [1.165, 1.54) is 7.11 Å². The minimum Gasteiger partial charge on any atom is -0.452 e. The molecule has 4 N–H and O–H groups in total. The number of carbonyl (C=O) groups is 3. The van der Waals surface area contributed by atoms with E-state index in [1.54, 1.807) is 45.0 Å². The molecule has 9 nitrogen and oxygen atoms in total. The van der Waals surface area contributed by atoms with Gasteiger partial charge in [0.05, 0.1) is 7.11 Å². The highest BCUT2D eigenvalue weighted by molar-refractivity contribution is 6.30. The molecule has 1 aromatic rings. The highest BCUT2D eigenvalue weighted by atomic mass is 35.5. The Kier molecular flexibility index (Phi) is 7.46. The van der Waals surface area contributed by atoms with Gasteiger partial charge in [0.1, 0.15) is 11.6 Å². The molecule has 10 heteroatoms. The van der Waals surface area contributed by atoms with Crippen LogP contribution in [0.1, 0.15) is 32.4 Å². The van der Waals surface area contributed by atoms with Gasteiger partial charge in [0.15, 0.2) is 0 Å². The van der Waals surface area contributed by atoms with Crippen LogP contribution in [0, 0.1) is 0 Å². The van der Waals surface area contributed by atoms with E-state index < -0.39 is 29.7 Å². The average molecular weight is 373 g/mol. The van der Waals surface area contributed by atoms with Crippen molar-refractivity contribution >= 4 is 29.7 Å². The maximum absolute atomic E-state index is 12.3. The van der Waals surface area contributed by atoms with Gasteiger partial charge in [0, 0.05) is 5.02 Å². The standard InChI is InChI=1S/C15H21ClN4O5/c1-15(2,3)25-14(23)20-18-12(21)11(17-19-13(22)24-4)9-5-7-10(16)8-6-9/h5-8,11,17H,1-4H3,(H,18,21)(H,19,22)(H,20,23). The molecule has 0 aliphatic heterocycles. The van der Waals surface area contributed by atoms with Gasteiger partial charge >= 0.3 is 12.2 Å². The predicted octanol–water partition coefficient (Wildman–Crippen LogP) is 1.80. The number of hydrogen-bond donors (Lipinski definition) is 4. The molecule has 0 saturated heterocycles. The summed E-state index contributed by atoms with van der Waals surface area (Å²) in [5.41, 5.74) is 8.83. The lowest BCUT2D eigenvalue weighted by Gasteiger charge is -2.22. The smallest absolute Gasteiger partial charge is 0.426 e. The number of benzene rings is 1. The van der Waals surface area contributed by atoms with Gasteiger partial charge in [-0.25, -0.2) is 20.4 Å². The monoisotopic (exact) mass is 372 g/mol. The predicted molar refractivity (Wildman–Crippen MR) is 90.4 cm³/mol.